The molecule has 3 heterocycles. The third-order valence-corrected chi connectivity index (χ3v) is 4.70. The molecule has 1 aliphatic rings. The van der Waals surface area contributed by atoms with Crippen molar-refractivity contribution in [2.24, 2.45) is 0 Å². The Kier molecular flexibility index (Phi) is 3.87. The minimum absolute atomic E-state index is 0.695. The fraction of sp³-hybridized carbons (Fsp3) is 0.176. The zero-order valence-corrected chi connectivity index (χ0v) is 14.4. The third kappa shape index (κ3) is 2.83. The molecule has 0 saturated heterocycles. The van der Waals surface area contributed by atoms with Gasteiger partial charge in [0.05, 0.1) is 17.6 Å². The summed E-state index contributed by atoms with van der Waals surface area (Å²) in [6, 6.07) is 16.3. The number of benzene rings is 1. The molecule has 0 saturated carbocycles. The highest BCUT2D eigenvalue weighted by Crippen LogP contribution is 2.26. The normalized spacial score (nSPS) is 14.5. The molecule has 1 N–H and O–H groups in total. The van der Waals surface area contributed by atoms with Gasteiger partial charge < -0.3 is 0 Å². The first kappa shape index (κ1) is 15.0. The molecule has 0 radical (unpaired) electrons. The largest absolute Gasteiger partial charge is 0.291 e. The lowest BCUT2D eigenvalue weighted by Crippen LogP contribution is -2.33. The Hall–Kier alpha value is -2.51. The summed E-state index contributed by atoms with van der Waals surface area (Å²) in [4.78, 5) is 4.57. The van der Waals surface area contributed by atoms with Crippen molar-refractivity contribution in [1.29, 1.82) is 0 Å². The Balaban J connectivity index is 1.48. The summed E-state index contributed by atoms with van der Waals surface area (Å²) in [5, 5.41) is 6.57. The van der Waals surface area contributed by atoms with Crippen LogP contribution in [0.1, 0.15) is 17.1 Å². The van der Waals surface area contributed by atoms with Gasteiger partial charge in [0.25, 0.3) is 0 Å². The summed E-state index contributed by atoms with van der Waals surface area (Å²) in [7, 11) is 2.01. The van der Waals surface area contributed by atoms with E-state index in [-0.39, 0.29) is 0 Å². The lowest BCUT2D eigenvalue weighted by Gasteiger charge is -2.19. The molecule has 4 rings (SSSR count). The van der Waals surface area contributed by atoms with Gasteiger partial charge in [-0.25, -0.2) is 13.9 Å². The van der Waals surface area contributed by atoms with E-state index in [1.54, 1.807) is 11.9 Å². The van der Waals surface area contributed by atoms with Crippen molar-refractivity contribution in [1.82, 2.24) is 29.6 Å². The van der Waals surface area contributed by atoms with Gasteiger partial charge in [-0.2, -0.15) is 5.10 Å². The molecule has 0 aliphatic carbocycles. The number of nitrogens with one attached hydrogen (secondary N) is 1. The van der Waals surface area contributed by atoms with Gasteiger partial charge in [0, 0.05) is 18.3 Å². The lowest BCUT2D eigenvalue weighted by molar-refractivity contribution is 0.265. The molecule has 1 aliphatic heterocycles. The first-order chi connectivity index (χ1) is 11.7. The average molecular weight is 338 g/mol. The molecule has 0 fully saturated rings. The molecular formula is C17H18N6S. The van der Waals surface area contributed by atoms with Crippen LogP contribution in [0.15, 0.2) is 54.7 Å². The molecule has 1 aromatic carbocycles. The summed E-state index contributed by atoms with van der Waals surface area (Å²) in [5.41, 5.74) is 7.57. The highest BCUT2D eigenvalue weighted by molar-refractivity contribution is 7.96. The monoisotopic (exact) mass is 338 g/mol. The van der Waals surface area contributed by atoms with E-state index in [1.165, 1.54) is 5.56 Å². The van der Waals surface area contributed by atoms with Crippen LogP contribution < -0.4 is 5.53 Å². The number of pyridine rings is 1. The molecule has 0 atom stereocenters. The zero-order valence-electron chi connectivity index (χ0n) is 13.5. The van der Waals surface area contributed by atoms with Crippen LogP contribution in [-0.4, -0.2) is 31.1 Å². The van der Waals surface area contributed by atoms with Gasteiger partial charge in [-0.05, 0) is 31.0 Å². The van der Waals surface area contributed by atoms with Crippen molar-refractivity contribution in [2.45, 2.75) is 12.7 Å². The Labute approximate surface area is 144 Å². The second-order valence-electron chi connectivity index (χ2n) is 5.60. The van der Waals surface area contributed by atoms with Gasteiger partial charge in [0.1, 0.15) is 0 Å². The van der Waals surface area contributed by atoms with Crippen LogP contribution in [0.3, 0.4) is 0 Å². The van der Waals surface area contributed by atoms with E-state index in [1.807, 2.05) is 64.3 Å². The topological polar surface area (TPSA) is 48.7 Å². The number of nitrogens with zero attached hydrogens (tertiary/aromatic N) is 5. The van der Waals surface area contributed by atoms with E-state index >= 15 is 0 Å². The summed E-state index contributed by atoms with van der Waals surface area (Å²) in [6.45, 7) is 2.03. The first-order valence-electron chi connectivity index (χ1n) is 7.71. The number of hydrazine groups is 2. The number of fused-ring (bicyclic) bond motifs is 1. The number of hydrogen-bond donors (Lipinski definition) is 1. The van der Waals surface area contributed by atoms with Crippen molar-refractivity contribution >= 4 is 23.3 Å². The third-order valence-electron chi connectivity index (χ3n) is 3.84. The molecular weight excluding hydrogens is 320 g/mol. The Morgan fingerprint density at radius 2 is 1.92 bits per heavy atom. The molecule has 3 aromatic rings. The van der Waals surface area contributed by atoms with E-state index in [4.69, 9.17) is 0 Å². The van der Waals surface area contributed by atoms with Crippen molar-refractivity contribution < 1.29 is 0 Å². The van der Waals surface area contributed by atoms with E-state index in [2.05, 4.69) is 34.0 Å². The van der Waals surface area contributed by atoms with Gasteiger partial charge in [-0.1, -0.05) is 36.4 Å². The number of aryl methyl sites for hydroxylation is 1. The smallest absolute Gasteiger partial charge is 0.163 e. The van der Waals surface area contributed by atoms with Crippen LogP contribution >= 0.6 is 11.9 Å². The van der Waals surface area contributed by atoms with E-state index < -0.39 is 0 Å². The van der Waals surface area contributed by atoms with E-state index in [0.29, 0.717) is 5.75 Å². The second kappa shape index (κ2) is 6.18. The van der Waals surface area contributed by atoms with Crippen LogP contribution in [0.2, 0.25) is 0 Å². The molecule has 0 bridgehead atoms. The van der Waals surface area contributed by atoms with Crippen molar-refractivity contribution in [3.05, 3.63) is 71.8 Å². The van der Waals surface area contributed by atoms with Gasteiger partial charge in [-0.15, -0.1) is 5.53 Å². The Morgan fingerprint density at radius 3 is 2.71 bits per heavy atom. The summed E-state index contributed by atoms with van der Waals surface area (Å²) in [5.74, 6) is 1.51. The maximum absolute atomic E-state index is 4.57. The van der Waals surface area contributed by atoms with E-state index in [0.717, 1.165) is 22.9 Å². The molecule has 0 unspecified atom stereocenters. The summed E-state index contributed by atoms with van der Waals surface area (Å²) >= 11 is 1.63. The predicted molar refractivity (Wildman–Crippen MR) is 96.2 cm³/mol. The van der Waals surface area contributed by atoms with Crippen LogP contribution in [0.4, 0.5) is 0 Å². The lowest BCUT2D eigenvalue weighted by atomic mass is 10.2. The quantitative estimate of drug-likeness (QED) is 0.738. The van der Waals surface area contributed by atoms with Crippen LogP contribution in [0.5, 0.6) is 0 Å². The molecule has 122 valence electrons. The number of hydrogen-bond acceptors (Lipinski definition) is 6. The second-order valence-corrected chi connectivity index (χ2v) is 6.54. The van der Waals surface area contributed by atoms with Crippen LogP contribution in [0.25, 0.3) is 11.3 Å². The molecule has 0 spiro atoms. The maximum atomic E-state index is 4.57. The maximum Gasteiger partial charge on any atom is 0.163 e. The molecule has 7 heteroatoms. The minimum Gasteiger partial charge on any atom is -0.291 e. The van der Waals surface area contributed by atoms with Gasteiger partial charge in [0.2, 0.25) is 0 Å². The summed E-state index contributed by atoms with van der Waals surface area (Å²) in [6.07, 6.45) is 2.08. The fourth-order valence-electron chi connectivity index (χ4n) is 2.64. The SMILES string of the molecule is Cc1cccc2nc(CSN3C=C(c4ccccc4)N(C)N3)nn12. The zero-order chi connectivity index (χ0) is 16.5. The molecule has 2 aromatic heterocycles. The Morgan fingerprint density at radius 1 is 1.08 bits per heavy atom. The minimum atomic E-state index is 0.695. The van der Waals surface area contributed by atoms with E-state index in [9.17, 15) is 0 Å². The standard InChI is InChI=1S/C17H18N6S/c1-13-7-6-10-17-18-16(19-23(13)17)12-24-22-11-15(21(2)20-22)14-8-4-3-5-9-14/h3-11,20H,12H2,1-2H3. The van der Waals surface area contributed by atoms with Crippen molar-refractivity contribution in [3.63, 3.8) is 0 Å². The highest BCUT2D eigenvalue weighted by atomic mass is 32.2. The highest BCUT2D eigenvalue weighted by Gasteiger charge is 2.19. The molecule has 24 heavy (non-hydrogen) atoms. The molecule has 6 nitrogen and oxygen atoms in total. The number of aromatic nitrogens is 3. The van der Waals surface area contributed by atoms with Crippen LogP contribution in [0, 0.1) is 6.92 Å². The van der Waals surface area contributed by atoms with Gasteiger partial charge in [0.15, 0.2) is 11.5 Å². The van der Waals surface area contributed by atoms with Gasteiger partial charge >= 0.3 is 0 Å². The predicted octanol–water partition coefficient (Wildman–Crippen LogP) is 2.85. The number of rotatable bonds is 4. The van der Waals surface area contributed by atoms with Crippen LogP contribution in [-0.2, 0) is 5.75 Å². The first-order valence-corrected chi connectivity index (χ1v) is 8.65. The van der Waals surface area contributed by atoms with Crippen molar-refractivity contribution in [2.75, 3.05) is 7.05 Å². The van der Waals surface area contributed by atoms with Gasteiger partial charge in [-0.3, -0.25) is 5.01 Å². The van der Waals surface area contributed by atoms with Crippen molar-refractivity contribution in [3.8, 4) is 0 Å². The summed E-state index contributed by atoms with van der Waals surface area (Å²) < 4.78 is 3.87. The Bertz CT molecular complexity index is 888. The molecule has 0 amide bonds. The average Bonchev–Trinajstić information content (AvgIpc) is 3.18. The fourth-order valence-corrected chi connectivity index (χ4v) is 3.37.